The highest BCUT2D eigenvalue weighted by Crippen LogP contribution is 2.42. The Hall–Kier alpha value is -3.13. The standard InChI is InChI=1S/C27H26O2/c1-2-3-4-5-17-25(28)24-18-20-12-7-9-15-22(20)26(27(24)29)23-16-10-13-19-11-6-8-14-21(19)23/h6-16,18,29H,2-5,17H2,1H3. The molecule has 29 heavy (non-hydrogen) atoms. The molecule has 0 aliphatic rings. The number of unbranched alkanes of at least 4 members (excludes halogenated alkanes) is 3. The number of hydrogen-bond acceptors (Lipinski definition) is 2. The van der Waals surface area contributed by atoms with Crippen LogP contribution in [-0.4, -0.2) is 10.9 Å². The van der Waals surface area contributed by atoms with Crippen molar-refractivity contribution in [3.8, 4) is 16.9 Å². The first kappa shape index (κ1) is 19.2. The summed E-state index contributed by atoms with van der Waals surface area (Å²) < 4.78 is 0. The molecule has 0 saturated carbocycles. The van der Waals surface area contributed by atoms with E-state index in [2.05, 4.69) is 25.1 Å². The first-order chi connectivity index (χ1) is 14.2. The molecule has 0 fully saturated rings. The molecular formula is C27H26O2. The van der Waals surface area contributed by atoms with Crippen molar-refractivity contribution in [2.75, 3.05) is 0 Å². The zero-order valence-electron chi connectivity index (χ0n) is 16.8. The van der Waals surface area contributed by atoms with Crippen LogP contribution in [0.2, 0.25) is 0 Å². The third-order valence-corrected chi connectivity index (χ3v) is 5.64. The number of aromatic hydroxyl groups is 1. The second-order valence-electron chi connectivity index (χ2n) is 7.63. The Labute approximate surface area is 171 Å². The fraction of sp³-hybridized carbons (Fsp3) is 0.222. The molecule has 0 aliphatic carbocycles. The van der Waals surface area contributed by atoms with Gasteiger partial charge in [-0.15, -0.1) is 0 Å². The van der Waals surface area contributed by atoms with Gasteiger partial charge in [-0.3, -0.25) is 4.79 Å². The van der Waals surface area contributed by atoms with E-state index in [0.29, 0.717) is 12.0 Å². The molecule has 0 atom stereocenters. The molecule has 0 aliphatic heterocycles. The summed E-state index contributed by atoms with van der Waals surface area (Å²) in [5.41, 5.74) is 2.14. The number of ketones is 1. The molecule has 1 N–H and O–H groups in total. The van der Waals surface area contributed by atoms with Crippen molar-refractivity contribution in [3.63, 3.8) is 0 Å². The minimum atomic E-state index is 0.0193. The quantitative estimate of drug-likeness (QED) is 0.265. The minimum absolute atomic E-state index is 0.0193. The minimum Gasteiger partial charge on any atom is -0.507 e. The van der Waals surface area contributed by atoms with Crippen LogP contribution in [0, 0.1) is 0 Å². The SMILES string of the molecule is CCCCCCC(=O)c1cc2ccccc2c(-c2cccc3ccccc23)c1O. The Balaban J connectivity index is 1.89. The number of phenolic OH excluding ortho intramolecular Hbond substituents is 1. The third-order valence-electron chi connectivity index (χ3n) is 5.64. The van der Waals surface area contributed by atoms with Gasteiger partial charge < -0.3 is 5.11 Å². The van der Waals surface area contributed by atoms with Crippen LogP contribution < -0.4 is 0 Å². The summed E-state index contributed by atoms with van der Waals surface area (Å²) in [5.74, 6) is 0.117. The van der Waals surface area contributed by atoms with Crippen molar-refractivity contribution in [3.05, 3.63) is 78.4 Å². The first-order valence-electron chi connectivity index (χ1n) is 10.5. The summed E-state index contributed by atoms with van der Waals surface area (Å²) in [4.78, 5) is 13.0. The maximum absolute atomic E-state index is 13.0. The number of carbonyl (C=O) groups is 1. The summed E-state index contributed by atoms with van der Waals surface area (Å²) in [6.07, 6.45) is 4.66. The zero-order chi connectivity index (χ0) is 20.2. The zero-order valence-corrected chi connectivity index (χ0v) is 16.8. The Bertz CT molecular complexity index is 1170. The van der Waals surface area contributed by atoms with Gasteiger partial charge >= 0.3 is 0 Å². The van der Waals surface area contributed by atoms with E-state index in [1.807, 2.05) is 54.6 Å². The molecule has 4 rings (SSSR count). The van der Waals surface area contributed by atoms with Crippen LogP contribution >= 0.6 is 0 Å². The average molecular weight is 383 g/mol. The molecule has 4 aromatic carbocycles. The maximum atomic E-state index is 13.0. The molecule has 0 amide bonds. The second-order valence-corrected chi connectivity index (χ2v) is 7.63. The van der Waals surface area contributed by atoms with Crippen LogP contribution in [0.25, 0.3) is 32.7 Å². The van der Waals surface area contributed by atoms with Crippen molar-refractivity contribution in [2.45, 2.75) is 39.0 Å². The normalized spacial score (nSPS) is 11.2. The lowest BCUT2D eigenvalue weighted by atomic mass is 9.89. The predicted octanol–water partition coefficient (Wildman–Crippen LogP) is 7.52. The van der Waals surface area contributed by atoms with Gasteiger partial charge in [0.25, 0.3) is 0 Å². The van der Waals surface area contributed by atoms with E-state index < -0.39 is 0 Å². The average Bonchev–Trinajstić information content (AvgIpc) is 2.76. The Morgan fingerprint density at radius 2 is 1.48 bits per heavy atom. The fourth-order valence-corrected chi connectivity index (χ4v) is 4.11. The smallest absolute Gasteiger partial charge is 0.166 e. The molecule has 146 valence electrons. The molecule has 2 heteroatoms. The van der Waals surface area contributed by atoms with Gasteiger partial charge in [0.2, 0.25) is 0 Å². The van der Waals surface area contributed by atoms with Gasteiger partial charge in [-0.25, -0.2) is 0 Å². The lowest BCUT2D eigenvalue weighted by Gasteiger charge is -2.15. The number of Topliss-reactive ketones (excluding diaryl/α,β-unsaturated/α-hetero) is 1. The van der Waals surface area contributed by atoms with E-state index in [1.165, 1.54) is 0 Å². The van der Waals surface area contributed by atoms with E-state index in [0.717, 1.165) is 58.4 Å². The van der Waals surface area contributed by atoms with Crippen molar-refractivity contribution < 1.29 is 9.90 Å². The van der Waals surface area contributed by atoms with Gasteiger partial charge in [0.15, 0.2) is 5.78 Å². The summed E-state index contributed by atoms with van der Waals surface area (Å²) in [7, 11) is 0. The molecule has 4 aromatic rings. The summed E-state index contributed by atoms with van der Waals surface area (Å²) >= 11 is 0. The van der Waals surface area contributed by atoms with Crippen LogP contribution in [-0.2, 0) is 0 Å². The van der Waals surface area contributed by atoms with Crippen molar-refractivity contribution in [2.24, 2.45) is 0 Å². The molecule has 0 aromatic heterocycles. The number of hydrogen-bond donors (Lipinski definition) is 1. The van der Waals surface area contributed by atoms with Gasteiger partial charge in [0.1, 0.15) is 5.75 Å². The Morgan fingerprint density at radius 3 is 2.28 bits per heavy atom. The summed E-state index contributed by atoms with van der Waals surface area (Å²) in [5, 5.41) is 15.4. The molecule has 2 nitrogen and oxygen atoms in total. The number of carbonyl (C=O) groups excluding carboxylic acids is 1. The molecule has 0 bridgehead atoms. The number of rotatable bonds is 7. The van der Waals surface area contributed by atoms with Crippen molar-refractivity contribution >= 4 is 27.3 Å². The summed E-state index contributed by atoms with van der Waals surface area (Å²) in [6.45, 7) is 2.16. The molecular weight excluding hydrogens is 356 g/mol. The van der Waals surface area contributed by atoms with E-state index >= 15 is 0 Å². The molecule has 0 saturated heterocycles. The molecule has 0 heterocycles. The predicted molar refractivity (Wildman–Crippen MR) is 122 cm³/mol. The second kappa shape index (κ2) is 8.48. The lowest BCUT2D eigenvalue weighted by molar-refractivity contribution is 0.0977. The summed E-state index contributed by atoms with van der Waals surface area (Å²) in [6, 6.07) is 24.1. The van der Waals surface area contributed by atoms with E-state index in [9.17, 15) is 9.90 Å². The van der Waals surface area contributed by atoms with Crippen LogP contribution in [0.4, 0.5) is 0 Å². The molecule has 0 spiro atoms. The van der Waals surface area contributed by atoms with E-state index in [-0.39, 0.29) is 11.5 Å². The molecule has 0 unspecified atom stereocenters. The number of phenols is 1. The molecule has 0 radical (unpaired) electrons. The van der Waals surface area contributed by atoms with Crippen LogP contribution in [0.15, 0.2) is 72.8 Å². The fourth-order valence-electron chi connectivity index (χ4n) is 4.11. The first-order valence-corrected chi connectivity index (χ1v) is 10.5. The highest BCUT2D eigenvalue weighted by atomic mass is 16.3. The topological polar surface area (TPSA) is 37.3 Å². The monoisotopic (exact) mass is 382 g/mol. The van der Waals surface area contributed by atoms with Gasteiger partial charge in [0, 0.05) is 12.0 Å². The van der Waals surface area contributed by atoms with Gasteiger partial charge in [-0.1, -0.05) is 92.9 Å². The van der Waals surface area contributed by atoms with Crippen LogP contribution in [0.5, 0.6) is 5.75 Å². The van der Waals surface area contributed by atoms with Gasteiger partial charge in [-0.2, -0.15) is 0 Å². The Morgan fingerprint density at radius 1 is 0.793 bits per heavy atom. The van der Waals surface area contributed by atoms with E-state index in [1.54, 1.807) is 0 Å². The number of fused-ring (bicyclic) bond motifs is 2. The van der Waals surface area contributed by atoms with E-state index in [4.69, 9.17) is 0 Å². The Kier molecular flexibility index (Phi) is 5.62. The maximum Gasteiger partial charge on any atom is 0.166 e. The third kappa shape index (κ3) is 3.75. The van der Waals surface area contributed by atoms with Gasteiger partial charge in [-0.05, 0) is 39.6 Å². The highest BCUT2D eigenvalue weighted by Gasteiger charge is 2.20. The number of benzene rings is 4. The van der Waals surface area contributed by atoms with Crippen molar-refractivity contribution in [1.29, 1.82) is 0 Å². The van der Waals surface area contributed by atoms with Crippen molar-refractivity contribution in [1.82, 2.24) is 0 Å². The van der Waals surface area contributed by atoms with Crippen LogP contribution in [0.3, 0.4) is 0 Å². The lowest BCUT2D eigenvalue weighted by Crippen LogP contribution is -2.01. The highest BCUT2D eigenvalue weighted by molar-refractivity contribution is 6.13. The largest absolute Gasteiger partial charge is 0.507 e. The van der Waals surface area contributed by atoms with Gasteiger partial charge in [0.05, 0.1) is 5.56 Å². The van der Waals surface area contributed by atoms with Crippen LogP contribution in [0.1, 0.15) is 49.4 Å².